The summed E-state index contributed by atoms with van der Waals surface area (Å²) in [7, 11) is 0. The number of rotatable bonds is 4. The second-order valence-electron chi connectivity index (χ2n) is 5.58. The molecule has 0 saturated heterocycles. The van der Waals surface area contributed by atoms with Gasteiger partial charge in [-0.05, 0) is 36.4 Å². The van der Waals surface area contributed by atoms with Crippen LogP contribution in [0.2, 0.25) is 0 Å². The zero-order valence-corrected chi connectivity index (χ0v) is 14.6. The summed E-state index contributed by atoms with van der Waals surface area (Å²) in [4.78, 5) is 15.5. The van der Waals surface area contributed by atoms with E-state index in [1.165, 1.54) is 17.3 Å². The molecular weight excluding hydrogens is 342 g/mol. The average Bonchev–Trinajstić information content (AvgIpc) is 3.31. The van der Waals surface area contributed by atoms with E-state index in [9.17, 15) is 4.79 Å². The molecule has 0 saturated carbocycles. The van der Waals surface area contributed by atoms with Crippen LogP contribution in [0.5, 0.6) is 0 Å². The number of aromatic nitrogens is 2. The van der Waals surface area contributed by atoms with Gasteiger partial charge in [-0.3, -0.25) is 4.79 Å². The summed E-state index contributed by atoms with van der Waals surface area (Å²) in [6.07, 6.45) is 0.898. The summed E-state index contributed by atoms with van der Waals surface area (Å²) in [5.41, 5.74) is 2.24. The van der Waals surface area contributed by atoms with E-state index in [1.807, 2.05) is 40.6 Å². The third kappa shape index (κ3) is 2.85. The number of hydrogen-bond acceptors (Lipinski definition) is 6. The largest absolute Gasteiger partial charge is 0.410 e. The van der Waals surface area contributed by atoms with Crippen LogP contribution in [0.3, 0.4) is 0 Å². The maximum Gasteiger partial charge on any atom is 0.277 e. The zero-order chi connectivity index (χ0) is 16.5. The van der Waals surface area contributed by atoms with Gasteiger partial charge in [0.15, 0.2) is 0 Å². The van der Waals surface area contributed by atoms with Gasteiger partial charge in [0, 0.05) is 11.7 Å². The van der Waals surface area contributed by atoms with E-state index < -0.39 is 0 Å². The number of benzene rings is 1. The Morgan fingerprint density at radius 2 is 2.21 bits per heavy atom. The van der Waals surface area contributed by atoms with Crippen LogP contribution in [-0.2, 0) is 11.2 Å². The van der Waals surface area contributed by atoms with E-state index in [4.69, 9.17) is 4.42 Å². The Morgan fingerprint density at radius 3 is 3.04 bits per heavy atom. The number of carbonyl (C=O) groups excluding carboxylic acids is 1. The summed E-state index contributed by atoms with van der Waals surface area (Å²) >= 11 is 2.83. The van der Waals surface area contributed by atoms with E-state index in [2.05, 4.69) is 23.2 Å². The zero-order valence-electron chi connectivity index (χ0n) is 13.0. The first-order chi connectivity index (χ1) is 11.7. The van der Waals surface area contributed by atoms with Gasteiger partial charge < -0.3 is 9.32 Å². The molecule has 1 amide bonds. The molecule has 0 spiro atoms. The van der Waals surface area contributed by atoms with Crippen LogP contribution in [0.15, 0.2) is 51.4 Å². The average molecular weight is 357 g/mol. The molecule has 4 rings (SSSR count). The van der Waals surface area contributed by atoms with Crippen LogP contribution in [0.1, 0.15) is 12.5 Å². The van der Waals surface area contributed by atoms with E-state index in [0.29, 0.717) is 11.1 Å². The lowest BCUT2D eigenvalue weighted by Gasteiger charge is -2.22. The fourth-order valence-corrected chi connectivity index (χ4v) is 4.17. The van der Waals surface area contributed by atoms with Crippen molar-refractivity contribution >= 4 is 34.7 Å². The summed E-state index contributed by atoms with van der Waals surface area (Å²) < 4.78 is 5.62. The standard InChI is InChI=1S/C17H15N3O2S2/c1-11-9-12-5-2-3-6-13(12)20(11)15(21)10-24-17-19-18-16(22-17)14-7-4-8-23-14/h2-8,11H,9-10H2,1H3/t11-/m1/s1. The van der Waals surface area contributed by atoms with Crippen molar-refractivity contribution in [2.45, 2.75) is 24.6 Å². The lowest BCUT2D eigenvalue weighted by atomic mass is 10.1. The maximum absolute atomic E-state index is 12.6. The molecule has 7 heteroatoms. The van der Waals surface area contributed by atoms with Crippen molar-refractivity contribution in [1.82, 2.24) is 10.2 Å². The molecule has 122 valence electrons. The van der Waals surface area contributed by atoms with Gasteiger partial charge in [0.05, 0.1) is 10.6 Å². The Kier molecular flexibility index (Phi) is 4.12. The van der Waals surface area contributed by atoms with Gasteiger partial charge in [-0.25, -0.2) is 0 Å². The number of para-hydroxylation sites is 1. The van der Waals surface area contributed by atoms with Gasteiger partial charge in [0.2, 0.25) is 5.91 Å². The van der Waals surface area contributed by atoms with Gasteiger partial charge in [-0.2, -0.15) is 0 Å². The SMILES string of the molecule is C[C@@H]1Cc2ccccc2N1C(=O)CSc1nnc(-c2cccs2)o1. The van der Waals surface area contributed by atoms with Crippen molar-refractivity contribution < 1.29 is 9.21 Å². The smallest absolute Gasteiger partial charge is 0.277 e. The number of anilines is 1. The Labute approximate surface area is 147 Å². The fourth-order valence-electron chi connectivity index (χ4n) is 2.91. The molecule has 1 aliphatic rings. The summed E-state index contributed by atoms with van der Waals surface area (Å²) in [6.45, 7) is 2.07. The number of thiophene rings is 1. The Balaban J connectivity index is 1.44. The Hall–Kier alpha value is -2.12. The highest BCUT2D eigenvalue weighted by molar-refractivity contribution is 7.99. The minimum absolute atomic E-state index is 0.0633. The number of nitrogens with zero attached hydrogens (tertiary/aromatic N) is 3. The van der Waals surface area contributed by atoms with E-state index >= 15 is 0 Å². The van der Waals surface area contributed by atoms with Crippen LogP contribution in [0, 0.1) is 0 Å². The van der Waals surface area contributed by atoms with Crippen molar-refractivity contribution in [1.29, 1.82) is 0 Å². The van der Waals surface area contributed by atoms with Crippen molar-refractivity contribution in [3.8, 4) is 10.8 Å². The highest BCUT2D eigenvalue weighted by Gasteiger charge is 2.30. The highest BCUT2D eigenvalue weighted by Crippen LogP contribution is 2.33. The highest BCUT2D eigenvalue weighted by atomic mass is 32.2. The van der Waals surface area contributed by atoms with Crippen LogP contribution in [-0.4, -0.2) is 27.9 Å². The molecule has 1 aliphatic heterocycles. The minimum atomic E-state index is 0.0633. The number of hydrogen-bond donors (Lipinski definition) is 0. The molecule has 0 radical (unpaired) electrons. The molecule has 1 atom stereocenters. The van der Waals surface area contributed by atoms with Crippen LogP contribution >= 0.6 is 23.1 Å². The van der Waals surface area contributed by atoms with E-state index in [-0.39, 0.29) is 17.7 Å². The second-order valence-corrected chi connectivity index (χ2v) is 7.46. The summed E-state index contributed by atoms with van der Waals surface area (Å²) in [5, 5.41) is 10.4. The summed E-state index contributed by atoms with van der Waals surface area (Å²) in [5.74, 6) is 0.846. The predicted molar refractivity (Wildman–Crippen MR) is 95.4 cm³/mol. The van der Waals surface area contributed by atoms with Crippen molar-refractivity contribution in [3.63, 3.8) is 0 Å². The van der Waals surface area contributed by atoms with Crippen molar-refractivity contribution in [2.75, 3.05) is 10.7 Å². The molecule has 2 aromatic heterocycles. The minimum Gasteiger partial charge on any atom is -0.410 e. The summed E-state index contributed by atoms with van der Waals surface area (Å²) in [6, 6.07) is 12.1. The molecule has 0 aliphatic carbocycles. The van der Waals surface area contributed by atoms with Crippen LogP contribution < -0.4 is 4.90 Å². The first-order valence-electron chi connectivity index (χ1n) is 7.62. The lowest BCUT2D eigenvalue weighted by Crippen LogP contribution is -2.36. The van der Waals surface area contributed by atoms with Crippen LogP contribution in [0.4, 0.5) is 5.69 Å². The molecule has 0 N–H and O–H groups in total. The first-order valence-corrected chi connectivity index (χ1v) is 9.49. The van der Waals surface area contributed by atoms with Gasteiger partial charge in [-0.15, -0.1) is 21.5 Å². The van der Waals surface area contributed by atoms with Gasteiger partial charge in [-0.1, -0.05) is 36.0 Å². The number of carbonyl (C=O) groups is 1. The monoisotopic (exact) mass is 357 g/mol. The maximum atomic E-state index is 12.6. The fraction of sp³-hybridized carbons (Fsp3) is 0.235. The van der Waals surface area contributed by atoms with Gasteiger partial charge in [0.1, 0.15) is 0 Å². The predicted octanol–water partition coefficient (Wildman–Crippen LogP) is 3.87. The Bertz CT molecular complexity index is 860. The number of thioether (sulfide) groups is 1. The molecule has 24 heavy (non-hydrogen) atoms. The molecule has 3 heterocycles. The third-order valence-electron chi connectivity index (χ3n) is 3.93. The molecule has 5 nitrogen and oxygen atoms in total. The lowest BCUT2D eigenvalue weighted by molar-refractivity contribution is -0.116. The number of amides is 1. The molecule has 0 fully saturated rings. The van der Waals surface area contributed by atoms with E-state index in [1.54, 1.807) is 11.3 Å². The van der Waals surface area contributed by atoms with E-state index in [0.717, 1.165) is 17.0 Å². The molecule has 1 aromatic carbocycles. The third-order valence-corrected chi connectivity index (χ3v) is 5.59. The quantitative estimate of drug-likeness (QED) is 0.664. The topological polar surface area (TPSA) is 59.2 Å². The molecule has 0 unspecified atom stereocenters. The van der Waals surface area contributed by atoms with Gasteiger partial charge in [0.25, 0.3) is 11.1 Å². The Morgan fingerprint density at radius 1 is 1.33 bits per heavy atom. The number of fused-ring (bicyclic) bond motifs is 1. The first kappa shape index (κ1) is 15.4. The van der Waals surface area contributed by atoms with Gasteiger partial charge >= 0.3 is 0 Å². The second kappa shape index (κ2) is 6.41. The molecule has 0 bridgehead atoms. The molecule has 3 aromatic rings. The van der Waals surface area contributed by atoms with Crippen LogP contribution in [0.25, 0.3) is 10.8 Å². The normalized spacial score (nSPS) is 16.4. The van der Waals surface area contributed by atoms with Crippen molar-refractivity contribution in [3.05, 3.63) is 47.3 Å². The van der Waals surface area contributed by atoms with Crippen molar-refractivity contribution in [2.24, 2.45) is 0 Å². The molecular formula is C17H15N3O2S2.